The Labute approximate surface area is 175 Å². The van der Waals surface area contributed by atoms with Gasteiger partial charge in [0.15, 0.2) is 0 Å². The number of halogens is 3. The first-order chi connectivity index (χ1) is 13.5. The van der Waals surface area contributed by atoms with Gasteiger partial charge in [0.2, 0.25) is 0 Å². The lowest BCUT2D eigenvalue weighted by molar-refractivity contribution is 0.0818. The fourth-order valence-electron chi connectivity index (χ4n) is 2.96. The minimum absolute atomic E-state index is 0.114. The fourth-order valence-corrected chi connectivity index (χ4v) is 4.49. The van der Waals surface area contributed by atoms with Gasteiger partial charge in [0.1, 0.15) is 12.4 Å². The van der Waals surface area contributed by atoms with Crippen molar-refractivity contribution in [2.45, 2.75) is 19.5 Å². The number of benzene rings is 1. The van der Waals surface area contributed by atoms with Crippen LogP contribution in [0.1, 0.15) is 10.4 Å². The minimum Gasteiger partial charge on any atom is -0.488 e. The monoisotopic (exact) mass is 473 g/mol. The molecule has 1 aliphatic rings. The Bertz CT molecular complexity index is 782. The largest absolute Gasteiger partial charge is 0.488 e. The van der Waals surface area contributed by atoms with E-state index in [2.05, 4.69) is 38.3 Å². The zero-order valence-electron chi connectivity index (χ0n) is 15.2. The van der Waals surface area contributed by atoms with Crippen LogP contribution in [-0.4, -0.2) is 55.0 Å². The Hall–Kier alpha value is -1.71. The molecule has 28 heavy (non-hydrogen) atoms. The summed E-state index contributed by atoms with van der Waals surface area (Å²) in [5.41, 5.74) is 0.807. The van der Waals surface area contributed by atoms with Crippen LogP contribution >= 0.6 is 27.3 Å². The number of carbonyl (C=O) groups is 1. The number of hydrogen-bond donors (Lipinski definition) is 1. The van der Waals surface area contributed by atoms with Crippen LogP contribution < -0.4 is 10.1 Å². The predicted molar refractivity (Wildman–Crippen MR) is 109 cm³/mol. The predicted octanol–water partition coefficient (Wildman–Crippen LogP) is 4.18. The van der Waals surface area contributed by atoms with Crippen LogP contribution in [0.4, 0.5) is 13.6 Å². The summed E-state index contributed by atoms with van der Waals surface area (Å²) in [6, 6.07) is 10.9. The summed E-state index contributed by atoms with van der Waals surface area (Å²) in [5.74, 6) is 0.376. The zero-order valence-corrected chi connectivity index (χ0v) is 17.6. The molecular weight excluding hydrogens is 452 g/mol. The summed E-state index contributed by atoms with van der Waals surface area (Å²) in [6.07, 6.45) is -2.51. The van der Waals surface area contributed by atoms with Crippen LogP contribution in [0.3, 0.4) is 0 Å². The summed E-state index contributed by atoms with van der Waals surface area (Å²) in [7, 11) is 0. The Morgan fingerprint density at radius 2 is 2.00 bits per heavy atom. The molecule has 0 saturated carbocycles. The van der Waals surface area contributed by atoms with Crippen molar-refractivity contribution in [3.8, 4) is 5.75 Å². The lowest BCUT2D eigenvalue weighted by Crippen LogP contribution is -2.51. The molecule has 2 heterocycles. The van der Waals surface area contributed by atoms with Gasteiger partial charge in [-0.1, -0.05) is 12.1 Å². The number of nitrogens with one attached hydrogen (secondary N) is 1. The number of urea groups is 1. The van der Waals surface area contributed by atoms with Crippen molar-refractivity contribution >= 4 is 33.3 Å². The molecule has 1 N–H and O–H groups in total. The highest BCUT2D eigenvalue weighted by Crippen LogP contribution is 2.23. The summed E-state index contributed by atoms with van der Waals surface area (Å²) in [5, 5.41) is 2.89. The van der Waals surface area contributed by atoms with E-state index in [1.165, 1.54) is 4.88 Å². The van der Waals surface area contributed by atoms with E-state index in [9.17, 15) is 13.6 Å². The van der Waals surface area contributed by atoms with Gasteiger partial charge in [-0.25, -0.2) is 13.6 Å². The summed E-state index contributed by atoms with van der Waals surface area (Å²) >= 11 is 5.21. The number of thiophene rings is 1. The van der Waals surface area contributed by atoms with Crippen molar-refractivity contribution in [3.63, 3.8) is 0 Å². The van der Waals surface area contributed by atoms with Gasteiger partial charge in [-0.05, 0) is 45.8 Å². The van der Waals surface area contributed by atoms with Gasteiger partial charge in [-0.15, -0.1) is 11.3 Å². The summed E-state index contributed by atoms with van der Waals surface area (Å²) in [4.78, 5) is 17.8. The highest BCUT2D eigenvalue weighted by molar-refractivity contribution is 9.11. The van der Waals surface area contributed by atoms with Crippen molar-refractivity contribution in [2.24, 2.45) is 0 Å². The molecule has 1 fully saturated rings. The highest BCUT2D eigenvalue weighted by atomic mass is 79.9. The van der Waals surface area contributed by atoms with Crippen molar-refractivity contribution in [3.05, 3.63) is 50.6 Å². The molecule has 0 radical (unpaired) electrons. The number of piperazine rings is 1. The second-order valence-electron chi connectivity index (χ2n) is 6.48. The Balaban J connectivity index is 1.41. The molecule has 3 rings (SSSR count). The third kappa shape index (κ3) is 6.42. The number of hydrogen-bond acceptors (Lipinski definition) is 4. The molecule has 1 aliphatic heterocycles. The Morgan fingerprint density at radius 3 is 2.68 bits per heavy atom. The lowest BCUT2D eigenvalue weighted by atomic mass is 10.2. The molecule has 0 unspecified atom stereocenters. The van der Waals surface area contributed by atoms with E-state index in [-0.39, 0.29) is 6.03 Å². The van der Waals surface area contributed by atoms with Gasteiger partial charge >= 0.3 is 6.03 Å². The van der Waals surface area contributed by atoms with Crippen molar-refractivity contribution in [1.29, 1.82) is 0 Å². The van der Waals surface area contributed by atoms with Gasteiger partial charge in [0.05, 0.1) is 3.79 Å². The third-order valence-corrected chi connectivity index (χ3v) is 5.99. The van der Waals surface area contributed by atoms with Crippen LogP contribution in [0.15, 0.2) is 40.2 Å². The molecule has 0 spiro atoms. The van der Waals surface area contributed by atoms with Crippen LogP contribution in [0.25, 0.3) is 0 Å². The molecule has 2 amide bonds. The van der Waals surface area contributed by atoms with E-state index >= 15 is 0 Å². The Kier molecular flexibility index (Phi) is 7.64. The SMILES string of the molecule is O=C(NCc1cccc(OCC(F)F)c1)N1CCN(Cc2ccc(Br)s2)CC1. The molecule has 9 heteroatoms. The quantitative estimate of drug-likeness (QED) is 0.655. The normalized spacial score (nSPS) is 15.1. The molecule has 1 aromatic carbocycles. The maximum absolute atomic E-state index is 12.4. The fraction of sp³-hybridized carbons (Fsp3) is 0.421. The molecule has 0 aliphatic carbocycles. The first kappa shape index (κ1) is 21.0. The van der Waals surface area contributed by atoms with E-state index in [4.69, 9.17) is 4.74 Å². The second kappa shape index (κ2) is 10.2. The smallest absolute Gasteiger partial charge is 0.317 e. The van der Waals surface area contributed by atoms with Crippen LogP contribution in [0.2, 0.25) is 0 Å². The number of alkyl halides is 2. The van der Waals surface area contributed by atoms with Gasteiger partial charge in [-0.2, -0.15) is 0 Å². The van der Waals surface area contributed by atoms with E-state index in [0.29, 0.717) is 25.4 Å². The van der Waals surface area contributed by atoms with Crippen LogP contribution in [0, 0.1) is 0 Å². The molecule has 2 aromatic rings. The maximum Gasteiger partial charge on any atom is 0.317 e. The van der Waals surface area contributed by atoms with Crippen LogP contribution in [0.5, 0.6) is 5.75 Å². The van der Waals surface area contributed by atoms with E-state index in [1.807, 2.05) is 6.07 Å². The van der Waals surface area contributed by atoms with Gasteiger partial charge < -0.3 is 15.0 Å². The average molecular weight is 474 g/mol. The third-order valence-electron chi connectivity index (χ3n) is 4.39. The number of carbonyl (C=O) groups excluding carboxylic acids is 1. The van der Waals surface area contributed by atoms with E-state index in [1.54, 1.807) is 34.4 Å². The molecular formula is C19H22BrF2N3O2S. The van der Waals surface area contributed by atoms with Crippen molar-refractivity contribution in [1.82, 2.24) is 15.1 Å². The van der Waals surface area contributed by atoms with Gasteiger partial charge in [0.25, 0.3) is 6.43 Å². The first-order valence-corrected chi connectivity index (χ1v) is 10.6. The standard InChI is InChI=1S/C19H22BrF2N3O2S/c20-17-5-4-16(28-17)12-24-6-8-25(9-7-24)19(26)23-11-14-2-1-3-15(10-14)27-13-18(21)22/h1-5,10,18H,6-9,11-13H2,(H,23,26). The van der Waals surface area contributed by atoms with Crippen molar-refractivity contribution < 1.29 is 18.3 Å². The van der Waals surface area contributed by atoms with Gasteiger partial charge in [0, 0.05) is 44.1 Å². The first-order valence-electron chi connectivity index (χ1n) is 8.99. The van der Waals surface area contributed by atoms with Crippen LogP contribution in [-0.2, 0) is 13.1 Å². The molecule has 1 saturated heterocycles. The molecule has 0 bridgehead atoms. The van der Waals surface area contributed by atoms with Crippen molar-refractivity contribution in [2.75, 3.05) is 32.8 Å². The van der Waals surface area contributed by atoms with E-state index in [0.717, 1.165) is 29.0 Å². The van der Waals surface area contributed by atoms with E-state index < -0.39 is 13.0 Å². The molecule has 152 valence electrons. The number of ether oxygens (including phenoxy) is 1. The minimum atomic E-state index is -2.51. The Morgan fingerprint density at radius 1 is 1.21 bits per heavy atom. The van der Waals surface area contributed by atoms with Gasteiger partial charge in [-0.3, -0.25) is 4.90 Å². The number of nitrogens with zero attached hydrogens (tertiary/aromatic N) is 2. The molecule has 1 aromatic heterocycles. The summed E-state index contributed by atoms with van der Waals surface area (Å²) < 4.78 is 30.6. The second-order valence-corrected chi connectivity index (χ2v) is 9.02. The topological polar surface area (TPSA) is 44.8 Å². The summed E-state index contributed by atoms with van der Waals surface area (Å²) in [6.45, 7) is 3.61. The molecule has 5 nitrogen and oxygen atoms in total. The number of amides is 2. The molecule has 0 atom stereocenters. The highest BCUT2D eigenvalue weighted by Gasteiger charge is 2.21. The lowest BCUT2D eigenvalue weighted by Gasteiger charge is -2.34. The number of rotatable bonds is 7. The maximum atomic E-state index is 12.4. The average Bonchev–Trinajstić information content (AvgIpc) is 3.10. The zero-order chi connectivity index (χ0) is 19.9.